The third kappa shape index (κ3) is 9.86. The van der Waals surface area contributed by atoms with Gasteiger partial charge in [0, 0.05) is 12.1 Å². The largest absolute Gasteiger partial charge is 0.480 e. The first-order valence-corrected chi connectivity index (χ1v) is 10.7. The number of primary sulfonamides is 1. The van der Waals surface area contributed by atoms with Gasteiger partial charge in [0.15, 0.2) is 5.96 Å². The van der Waals surface area contributed by atoms with Gasteiger partial charge in [-0.1, -0.05) is 0 Å². The van der Waals surface area contributed by atoms with E-state index >= 15 is 0 Å². The first-order chi connectivity index (χ1) is 14.9. The van der Waals surface area contributed by atoms with Gasteiger partial charge in [-0.05, 0) is 37.1 Å². The Morgan fingerprint density at radius 3 is 2.12 bits per heavy atom. The molecule has 1 rings (SSSR count). The summed E-state index contributed by atoms with van der Waals surface area (Å²) in [6.07, 6.45) is 0.387. The van der Waals surface area contributed by atoms with Crippen molar-refractivity contribution in [2.45, 2.75) is 23.8 Å². The number of nitrogens with one attached hydrogen (secondary N) is 3. The number of benzene rings is 1. The van der Waals surface area contributed by atoms with Crippen LogP contribution >= 0.6 is 0 Å². The van der Waals surface area contributed by atoms with Gasteiger partial charge >= 0.3 is 5.97 Å². The highest BCUT2D eigenvalue weighted by Crippen LogP contribution is 2.08. The predicted molar refractivity (Wildman–Crippen MR) is 113 cm³/mol. The van der Waals surface area contributed by atoms with Crippen molar-refractivity contribution in [2.75, 3.05) is 19.6 Å². The highest BCUT2D eigenvalue weighted by molar-refractivity contribution is 7.89. The Morgan fingerprint density at radius 2 is 1.59 bits per heavy atom. The van der Waals surface area contributed by atoms with Gasteiger partial charge in [-0.15, -0.1) is 0 Å². The molecule has 0 heterocycles. The summed E-state index contributed by atoms with van der Waals surface area (Å²) < 4.78 is 22.4. The summed E-state index contributed by atoms with van der Waals surface area (Å²) in [7, 11) is -3.90. The maximum Gasteiger partial charge on any atom is 0.326 e. The lowest BCUT2D eigenvalue weighted by atomic mass is 10.1. The first kappa shape index (κ1) is 26.3. The maximum absolute atomic E-state index is 12.0. The third-order valence-corrected chi connectivity index (χ3v) is 4.81. The molecule has 0 saturated carbocycles. The molecule has 0 spiro atoms. The van der Waals surface area contributed by atoms with Crippen LogP contribution in [0.25, 0.3) is 0 Å². The molecule has 1 aromatic rings. The van der Waals surface area contributed by atoms with Gasteiger partial charge < -0.3 is 32.5 Å². The number of sulfonamides is 1. The number of hydrogen-bond donors (Lipinski definition) is 7. The van der Waals surface area contributed by atoms with E-state index in [9.17, 15) is 27.6 Å². The van der Waals surface area contributed by atoms with Crippen LogP contribution in [0, 0.1) is 0 Å². The van der Waals surface area contributed by atoms with Crippen LogP contribution in [0.2, 0.25) is 0 Å². The molecule has 14 nitrogen and oxygen atoms in total. The van der Waals surface area contributed by atoms with Crippen molar-refractivity contribution in [3.05, 3.63) is 29.8 Å². The summed E-state index contributed by atoms with van der Waals surface area (Å²) in [5.74, 6) is -3.48. The Bertz CT molecular complexity index is 973. The molecule has 0 aliphatic rings. The molecule has 3 amide bonds. The zero-order valence-electron chi connectivity index (χ0n) is 16.9. The molecule has 0 unspecified atom stereocenters. The van der Waals surface area contributed by atoms with Crippen molar-refractivity contribution in [2.24, 2.45) is 21.6 Å². The highest BCUT2D eigenvalue weighted by Gasteiger charge is 2.19. The van der Waals surface area contributed by atoms with Crippen LogP contribution in [0.15, 0.2) is 34.2 Å². The summed E-state index contributed by atoms with van der Waals surface area (Å²) >= 11 is 0. The van der Waals surface area contributed by atoms with E-state index in [0.717, 1.165) is 12.1 Å². The van der Waals surface area contributed by atoms with Gasteiger partial charge in [-0.2, -0.15) is 0 Å². The number of carbonyl (C=O) groups excluding carboxylic acids is 3. The number of nitrogens with zero attached hydrogens (tertiary/aromatic N) is 1. The number of nitrogens with two attached hydrogens (primary N) is 3. The molecule has 1 aromatic carbocycles. The molecule has 176 valence electrons. The van der Waals surface area contributed by atoms with Gasteiger partial charge in [0.05, 0.1) is 18.0 Å². The zero-order valence-corrected chi connectivity index (χ0v) is 17.7. The molecule has 32 heavy (non-hydrogen) atoms. The van der Waals surface area contributed by atoms with Gasteiger partial charge in [0.25, 0.3) is 5.91 Å². The minimum atomic E-state index is -3.90. The fourth-order valence-corrected chi connectivity index (χ4v) is 2.82. The molecule has 0 bridgehead atoms. The molecule has 1 atom stereocenters. The molecule has 0 radical (unpaired) electrons. The minimum absolute atomic E-state index is 0.0755. The van der Waals surface area contributed by atoms with Crippen molar-refractivity contribution < 1.29 is 32.7 Å². The van der Waals surface area contributed by atoms with E-state index in [2.05, 4.69) is 20.9 Å². The fourth-order valence-electron chi connectivity index (χ4n) is 2.31. The number of guanidine groups is 1. The Morgan fingerprint density at radius 1 is 1.00 bits per heavy atom. The van der Waals surface area contributed by atoms with E-state index in [0.29, 0.717) is 6.42 Å². The number of carboxylic acids is 1. The van der Waals surface area contributed by atoms with Crippen LogP contribution in [-0.4, -0.2) is 68.9 Å². The van der Waals surface area contributed by atoms with E-state index in [1.807, 2.05) is 0 Å². The van der Waals surface area contributed by atoms with Crippen molar-refractivity contribution in [3.63, 3.8) is 0 Å². The molecule has 0 aromatic heterocycles. The second-order valence-corrected chi connectivity index (χ2v) is 8.00. The Labute approximate surface area is 183 Å². The second-order valence-electron chi connectivity index (χ2n) is 6.44. The third-order valence-electron chi connectivity index (χ3n) is 3.88. The number of aliphatic carboxylic acids is 1. The Balaban J connectivity index is 2.42. The molecule has 0 aliphatic heterocycles. The van der Waals surface area contributed by atoms with Crippen LogP contribution in [-0.2, 0) is 24.4 Å². The Hall–Kier alpha value is -3.72. The standard InChI is InChI=1S/C17H25N7O7S/c18-17(19)21-7-1-2-12(16(28)29)24-14(26)9-22-13(25)8-23-15(27)10-3-5-11(6-4-10)32(20,30)31/h3-6,12H,1-2,7-9H2,(H,22,25)(H,23,27)(H,24,26)(H,28,29)(H4,18,19,21)(H2,20,30,31)/t12-/m0/s1. The molecule has 0 fully saturated rings. The predicted octanol–water partition coefficient (Wildman–Crippen LogP) is -3.20. The summed E-state index contributed by atoms with van der Waals surface area (Å²) in [6.45, 7) is -0.775. The normalized spacial score (nSPS) is 11.7. The number of carboxylic acid groups (broad SMARTS) is 1. The fraction of sp³-hybridized carbons (Fsp3) is 0.353. The summed E-state index contributed by atoms with van der Waals surface area (Å²) in [6, 6.07) is 3.54. The Kier molecular flexibility index (Phi) is 10.0. The van der Waals surface area contributed by atoms with E-state index in [4.69, 9.17) is 21.7 Å². The summed E-state index contributed by atoms with van der Waals surface area (Å²) in [4.78, 5) is 50.4. The zero-order chi connectivity index (χ0) is 24.3. The second kappa shape index (κ2) is 12.2. The summed E-state index contributed by atoms with van der Waals surface area (Å²) in [5, 5.41) is 20.9. The lowest BCUT2D eigenvalue weighted by Gasteiger charge is -2.14. The van der Waals surface area contributed by atoms with Crippen LogP contribution in [0.5, 0.6) is 0 Å². The molecule has 0 aliphatic carbocycles. The number of amides is 3. The molecular formula is C17H25N7O7S. The van der Waals surface area contributed by atoms with Crippen LogP contribution < -0.4 is 32.6 Å². The molecule has 15 heteroatoms. The topological polar surface area (TPSA) is 249 Å². The van der Waals surface area contributed by atoms with Crippen molar-refractivity contribution in [1.29, 1.82) is 0 Å². The maximum atomic E-state index is 12.0. The van der Waals surface area contributed by atoms with Gasteiger partial charge in [-0.25, -0.2) is 18.4 Å². The number of carbonyl (C=O) groups is 4. The highest BCUT2D eigenvalue weighted by atomic mass is 32.2. The average molecular weight is 471 g/mol. The van der Waals surface area contributed by atoms with E-state index < -0.39 is 52.8 Å². The summed E-state index contributed by atoms with van der Waals surface area (Å²) in [5.41, 5.74) is 10.4. The number of aliphatic imine (C=N–C) groups is 1. The van der Waals surface area contributed by atoms with Gasteiger partial charge in [0.2, 0.25) is 21.8 Å². The van der Waals surface area contributed by atoms with Crippen molar-refractivity contribution in [3.8, 4) is 0 Å². The smallest absolute Gasteiger partial charge is 0.326 e. The lowest BCUT2D eigenvalue weighted by Crippen LogP contribution is -2.47. The van der Waals surface area contributed by atoms with Crippen LogP contribution in [0.3, 0.4) is 0 Å². The molecule has 10 N–H and O–H groups in total. The SMILES string of the molecule is NC(N)=NCCC[C@H](NC(=O)CNC(=O)CNC(=O)c1ccc(S(N)(=O)=O)cc1)C(=O)O. The minimum Gasteiger partial charge on any atom is -0.480 e. The van der Waals surface area contributed by atoms with Crippen molar-refractivity contribution in [1.82, 2.24) is 16.0 Å². The van der Waals surface area contributed by atoms with E-state index in [1.54, 1.807) is 0 Å². The number of hydrogen-bond acceptors (Lipinski definition) is 7. The van der Waals surface area contributed by atoms with Gasteiger partial charge in [-0.3, -0.25) is 19.4 Å². The molecule has 0 saturated heterocycles. The lowest BCUT2D eigenvalue weighted by molar-refractivity contribution is -0.141. The molecular weight excluding hydrogens is 446 g/mol. The van der Waals surface area contributed by atoms with Crippen LogP contribution in [0.1, 0.15) is 23.2 Å². The van der Waals surface area contributed by atoms with E-state index in [1.165, 1.54) is 12.1 Å². The first-order valence-electron chi connectivity index (χ1n) is 9.15. The monoisotopic (exact) mass is 471 g/mol. The quantitative estimate of drug-likeness (QED) is 0.0919. The van der Waals surface area contributed by atoms with Crippen molar-refractivity contribution >= 4 is 39.7 Å². The van der Waals surface area contributed by atoms with E-state index in [-0.39, 0.29) is 29.4 Å². The van der Waals surface area contributed by atoms with Crippen LogP contribution in [0.4, 0.5) is 0 Å². The number of rotatable bonds is 12. The van der Waals surface area contributed by atoms with Gasteiger partial charge in [0.1, 0.15) is 6.04 Å². The average Bonchev–Trinajstić information content (AvgIpc) is 2.71.